The lowest BCUT2D eigenvalue weighted by molar-refractivity contribution is 0.0933. The Morgan fingerprint density at radius 2 is 1.52 bits per heavy atom. The van der Waals surface area contributed by atoms with E-state index in [1.165, 1.54) is 0 Å². The number of nitrogens with one attached hydrogen (secondary N) is 1. The van der Waals surface area contributed by atoms with Gasteiger partial charge in [0.05, 0.1) is 6.04 Å². The predicted molar refractivity (Wildman–Crippen MR) is 122 cm³/mol. The maximum Gasteiger partial charge on any atom is 0.251 e. The molecule has 0 aliphatic carbocycles. The summed E-state index contributed by atoms with van der Waals surface area (Å²) in [6.07, 6.45) is 0.803. The molecule has 0 aliphatic rings. The monoisotopic (exact) mass is 426 g/mol. The number of benzene rings is 3. The molecule has 0 aromatic heterocycles. The van der Waals surface area contributed by atoms with E-state index >= 15 is 0 Å². The van der Waals surface area contributed by atoms with Gasteiger partial charge in [0.25, 0.3) is 5.91 Å². The normalized spacial score (nSPS) is 12.0. The highest BCUT2D eigenvalue weighted by Crippen LogP contribution is 2.24. The van der Waals surface area contributed by atoms with Crippen LogP contribution in [0.3, 0.4) is 0 Å². The lowest BCUT2D eigenvalue weighted by Gasteiger charge is -2.21. The van der Waals surface area contributed by atoms with Crippen LogP contribution in [0.1, 0.15) is 28.4 Å². The molecule has 150 valence electrons. The van der Waals surface area contributed by atoms with Crippen LogP contribution in [0.25, 0.3) is 11.1 Å². The van der Waals surface area contributed by atoms with Crippen LogP contribution in [-0.2, 0) is 0 Å². The Morgan fingerprint density at radius 1 is 0.897 bits per heavy atom. The van der Waals surface area contributed by atoms with Crippen LogP contribution in [0.4, 0.5) is 0 Å². The van der Waals surface area contributed by atoms with E-state index in [0.29, 0.717) is 15.6 Å². The molecular formula is C24H24Cl2N2O. The van der Waals surface area contributed by atoms with E-state index in [-0.39, 0.29) is 11.9 Å². The molecule has 5 heteroatoms. The standard InChI is InChI=1S/C24H24Cl2N2O/c1-28(2)15-14-23(18-8-12-22(26)13-9-18)27-24(29)20-5-3-4-19(16-20)17-6-10-21(25)11-7-17/h3-13,16,23H,14-15H2,1-2H3,(H,27,29). The number of amides is 1. The summed E-state index contributed by atoms with van der Waals surface area (Å²) in [4.78, 5) is 15.1. The van der Waals surface area contributed by atoms with Gasteiger partial charge in [0.15, 0.2) is 0 Å². The van der Waals surface area contributed by atoms with Gasteiger partial charge in [-0.1, -0.05) is 59.6 Å². The quantitative estimate of drug-likeness (QED) is 0.495. The lowest BCUT2D eigenvalue weighted by Crippen LogP contribution is -2.31. The van der Waals surface area contributed by atoms with Crippen molar-refractivity contribution >= 4 is 29.1 Å². The molecule has 3 aromatic carbocycles. The summed E-state index contributed by atoms with van der Waals surface area (Å²) in [6, 6.07) is 22.8. The average molecular weight is 427 g/mol. The Bertz CT molecular complexity index is 953. The van der Waals surface area contributed by atoms with Crippen molar-refractivity contribution in [1.82, 2.24) is 10.2 Å². The Kier molecular flexibility index (Phi) is 7.32. The lowest BCUT2D eigenvalue weighted by atomic mass is 10.0. The highest BCUT2D eigenvalue weighted by Gasteiger charge is 2.16. The van der Waals surface area contributed by atoms with Crippen molar-refractivity contribution in [3.63, 3.8) is 0 Å². The zero-order chi connectivity index (χ0) is 20.8. The van der Waals surface area contributed by atoms with Gasteiger partial charge in [0.1, 0.15) is 0 Å². The van der Waals surface area contributed by atoms with Crippen molar-refractivity contribution in [3.05, 3.63) is 94.0 Å². The van der Waals surface area contributed by atoms with Gasteiger partial charge in [-0.05, 0) is 80.1 Å². The third-order valence-corrected chi connectivity index (χ3v) is 5.25. The molecule has 29 heavy (non-hydrogen) atoms. The number of hydrogen-bond acceptors (Lipinski definition) is 2. The molecule has 3 nitrogen and oxygen atoms in total. The van der Waals surface area contributed by atoms with Gasteiger partial charge >= 0.3 is 0 Å². The molecule has 0 saturated heterocycles. The minimum absolute atomic E-state index is 0.0960. The second kappa shape index (κ2) is 9.93. The van der Waals surface area contributed by atoms with Crippen LogP contribution in [-0.4, -0.2) is 31.4 Å². The number of carbonyl (C=O) groups is 1. The maximum absolute atomic E-state index is 13.0. The molecule has 0 heterocycles. The van der Waals surface area contributed by atoms with E-state index < -0.39 is 0 Å². The number of hydrogen-bond donors (Lipinski definition) is 1. The fourth-order valence-corrected chi connectivity index (χ4v) is 3.38. The van der Waals surface area contributed by atoms with E-state index in [2.05, 4.69) is 10.2 Å². The number of rotatable bonds is 7. The molecule has 3 rings (SSSR count). The molecule has 1 amide bonds. The minimum Gasteiger partial charge on any atom is -0.345 e. The zero-order valence-electron chi connectivity index (χ0n) is 16.5. The molecule has 1 N–H and O–H groups in total. The average Bonchev–Trinajstić information content (AvgIpc) is 2.72. The Balaban J connectivity index is 1.80. The third-order valence-electron chi connectivity index (χ3n) is 4.75. The summed E-state index contributed by atoms with van der Waals surface area (Å²) in [5, 5.41) is 4.55. The molecule has 1 unspecified atom stereocenters. The topological polar surface area (TPSA) is 32.3 Å². The van der Waals surface area contributed by atoms with E-state index in [4.69, 9.17) is 23.2 Å². The Hall–Kier alpha value is -2.33. The zero-order valence-corrected chi connectivity index (χ0v) is 18.0. The van der Waals surface area contributed by atoms with E-state index in [9.17, 15) is 4.79 Å². The van der Waals surface area contributed by atoms with Crippen LogP contribution in [0.15, 0.2) is 72.8 Å². The summed E-state index contributed by atoms with van der Waals surface area (Å²) >= 11 is 12.0. The summed E-state index contributed by atoms with van der Waals surface area (Å²) < 4.78 is 0. The summed E-state index contributed by atoms with van der Waals surface area (Å²) in [5.41, 5.74) is 3.66. The third kappa shape index (κ3) is 6.07. The van der Waals surface area contributed by atoms with Gasteiger partial charge in [-0.2, -0.15) is 0 Å². The first-order chi connectivity index (χ1) is 13.9. The first kappa shape index (κ1) is 21.4. The molecular weight excluding hydrogens is 403 g/mol. The van der Waals surface area contributed by atoms with Gasteiger partial charge in [-0.15, -0.1) is 0 Å². The van der Waals surface area contributed by atoms with Crippen LogP contribution in [0, 0.1) is 0 Å². The Morgan fingerprint density at radius 3 is 2.14 bits per heavy atom. The molecule has 0 aliphatic heterocycles. The fourth-order valence-electron chi connectivity index (χ4n) is 3.13. The SMILES string of the molecule is CN(C)CCC(NC(=O)c1cccc(-c2ccc(Cl)cc2)c1)c1ccc(Cl)cc1. The van der Waals surface area contributed by atoms with Crippen LogP contribution >= 0.6 is 23.2 Å². The Labute approximate surface area is 182 Å². The van der Waals surface area contributed by atoms with Gasteiger partial charge in [0.2, 0.25) is 0 Å². The molecule has 3 aromatic rings. The maximum atomic E-state index is 13.0. The molecule has 0 spiro atoms. The number of halogens is 2. The van der Waals surface area contributed by atoms with Gasteiger partial charge in [-0.25, -0.2) is 0 Å². The van der Waals surface area contributed by atoms with Crippen molar-refractivity contribution in [3.8, 4) is 11.1 Å². The highest BCUT2D eigenvalue weighted by molar-refractivity contribution is 6.30. The molecule has 0 radical (unpaired) electrons. The van der Waals surface area contributed by atoms with Crippen molar-refractivity contribution in [1.29, 1.82) is 0 Å². The van der Waals surface area contributed by atoms with Crippen molar-refractivity contribution in [2.75, 3.05) is 20.6 Å². The van der Waals surface area contributed by atoms with Gasteiger partial charge in [-0.3, -0.25) is 4.79 Å². The largest absolute Gasteiger partial charge is 0.345 e. The second-order valence-electron chi connectivity index (χ2n) is 7.26. The van der Waals surface area contributed by atoms with E-state index in [0.717, 1.165) is 29.7 Å². The van der Waals surface area contributed by atoms with Gasteiger partial charge < -0.3 is 10.2 Å². The summed E-state index contributed by atoms with van der Waals surface area (Å²) in [7, 11) is 4.05. The molecule has 0 saturated carbocycles. The molecule has 0 bridgehead atoms. The van der Waals surface area contributed by atoms with Gasteiger partial charge in [0, 0.05) is 15.6 Å². The first-order valence-corrected chi connectivity index (χ1v) is 10.2. The minimum atomic E-state index is -0.0977. The van der Waals surface area contributed by atoms with Crippen LogP contribution in [0.5, 0.6) is 0 Å². The smallest absolute Gasteiger partial charge is 0.251 e. The van der Waals surface area contributed by atoms with Crippen LogP contribution < -0.4 is 5.32 Å². The van der Waals surface area contributed by atoms with E-state index in [1.807, 2.05) is 86.9 Å². The second-order valence-corrected chi connectivity index (χ2v) is 8.13. The summed E-state index contributed by atoms with van der Waals surface area (Å²) in [5.74, 6) is -0.0977. The highest BCUT2D eigenvalue weighted by atomic mass is 35.5. The van der Waals surface area contributed by atoms with Crippen LogP contribution in [0.2, 0.25) is 10.0 Å². The fraction of sp³-hybridized carbons (Fsp3) is 0.208. The molecule has 1 atom stereocenters. The van der Waals surface area contributed by atoms with Crippen molar-refractivity contribution < 1.29 is 4.79 Å². The number of nitrogens with zero attached hydrogens (tertiary/aromatic N) is 1. The van der Waals surface area contributed by atoms with Crippen molar-refractivity contribution in [2.45, 2.75) is 12.5 Å². The molecule has 0 fully saturated rings. The van der Waals surface area contributed by atoms with Crippen molar-refractivity contribution in [2.24, 2.45) is 0 Å². The first-order valence-electron chi connectivity index (χ1n) is 9.49. The number of carbonyl (C=O) groups excluding carboxylic acids is 1. The van der Waals surface area contributed by atoms with E-state index in [1.54, 1.807) is 0 Å². The summed E-state index contributed by atoms with van der Waals surface area (Å²) in [6.45, 7) is 0.860. The predicted octanol–water partition coefficient (Wildman–Crippen LogP) is 6.08.